The van der Waals surface area contributed by atoms with Crippen molar-refractivity contribution in [1.29, 1.82) is 0 Å². The van der Waals surface area contributed by atoms with Crippen LogP contribution in [-0.4, -0.2) is 46.6 Å². The highest BCUT2D eigenvalue weighted by atomic mass is 16.5. The number of hydrogen-bond donors (Lipinski definition) is 4. The van der Waals surface area contributed by atoms with Gasteiger partial charge in [0.25, 0.3) is 5.91 Å². The fraction of sp³-hybridized carbons (Fsp3) is 0.269. The van der Waals surface area contributed by atoms with E-state index in [1.54, 1.807) is 30.1 Å². The Labute approximate surface area is 204 Å². The minimum Gasteiger partial charge on any atom is -0.497 e. The third kappa shape index (κ3) is 7.02. The first-order chi connectivity index (χ1) is 16.8. The highest BCUT2D eigenvalue weighted by Gasteiger charge is 2.17. The first-order valence-corrected chi connectivity index (χ1v) is 11.2. The Balaban J connectivity index is 1.71. The monoisotopic (exact) mass is 477 g/mol. The summed E-state index contributed by atoms with van der Waals surface area (Å²) < 4.78 is 7.21. The van der Waals surface area contributed by atoms with Crippen LogP contribution in [0.3, 0.4) is 0 Å². The number of aliphatic hydroxyl groups excluding tert-OH is 1. The van der Waals surface area contributed by atoms with Crippen LogP contribution < -0.4 is 20.7 Å². The minimum absolute atomic E-state index is 0.0192. The highest BCUT2D eigenvalue weighted by molar-refractivity contribution is 5.96. The third-order valence-electron chi connectivity index (χ3n) is 5.50. The van der Waals surface area contributed by atoms with E-state index in [0.29, 0.717) is 16.9 Å². The molecule has 1 heterocycles. The van der Waals surface area contributed by atoms with Crippen LogP contribution in [0.5, 0.6) is 5.75 Å². The van der Waals surface area contributed by atoms with E-state index in [-0.39, 0.29) is 30.9 Å². The van der Waals surface area contributed by atoms with Crippen molar-refractivity contribution in [2.45, 2.75) is 25.7 Å². The van der Waals surface area contributed by atoms with Gasteiger partial charge in [0.2, 0.25) is 5.91 Å². The van der Waals surface area contributed by atoms with Gasteiger partial charge in [-0.3, -0.25) is 19.6 Å². The van der Waals surface area contributed by atoms with Crippen molar-refractivity contribution >= 4 is 11.8 Å². The maximum Gasteiger partial charge on any atom is 0.252 e. The van der Waals surface area contributed by atoms with E-state index in [1.807, 2.05) is 50.5 Å². The molecule has 9 heteroatoms. The molecule has 0 fully saturated rings. The Hall–Kier alpha value is -3.95. The second kappa shape index (κ2) is 12.0. The average Bonchev–Trinajstić information content (AvgIpc) is 3.31. The normalized spacial score (nSPS) is 12.5. The fourth-order valence-electron chi connectivity index (χ4n) is 3.55. The van der Waals surface area contributed by atoms with Crippen LogP contribution in [0, 0.1) is 0 Å². The zero-order valence-corrected chi connectivity index (χ0v) is 20.1. The molecule has 0 saturated carbocycles. The van der Waals surface area contributed by atoms with E-state index in [2.05, 4.69) is 27.6 Å². The Morgan fingerprint density at radius 2 is 2.00 bits per heavy atom. The Bertz CT molecular complexity index is 1190. The number of methoxy groups -OCH3 is 1. The topological polar surface area (TPSA) is 118 Å². The molecular formula is C26H31N5O4. The van der Waals surface area contributed by atoms with Crippen molar-refractivity contribution in [3.05, 3.63) is 84.2 Å². The van der Waals surface area contributed by atoms with Gasteiger partial charge in [-0.1, -0.05) is 24.8 Å². The van der Waals surface area contributed by atoms with Crippen LogP contribution in [0.25, 0.3) is 11.1 Å². The van der Waals surface area contributed by atoms with Gasteiger partial charge in [-0.15, -0.1) is 0 Å². The number of nitrogens with zero attached hydrogens (tertiary/aromatic N) is 2. The van der Waals surface area contributed by atoms with Gasteiger partial charge >= 0.3 is 0 Å². The lowest BCUT2D eigenvalue weighted by atomic mass is 10.0. The average molecular weight is 478 g/mol. The number of carbonyl (C=O) groups excluding carboxylic acids is 2. The lowest BCUT2D eigenvalue weighted by Crippen LogP contribution is -2.40. The standard InChI is InChI=1S/C26H31N5O4/c1-5-24(32)28-15-25(33)27-13-18-8-6-7-9-23(18)26(34)30-17(2)19-10-20(12-22(11-19)35-4)21-14-29-31(3)16-21/h5-12,14,16-17,25,27,33H,1,13,15H2,2-4H3,(H,28,32)(H,30,34)/t17-,25?/m1/s1. The third-order valence-corrected chi connectivity index (χ3v) is 5.50. The second-order valence-corrected chi connectivity index (χ2v) is 8.10. The zero-order chi connectivity index (χ0) is 25.4. The molecule has 0 bridgehead atoms. The van der Waals surface area contributed by atoms with Crippen LogP contribution in [0.15, 0.2) is 67.5 Å². The van der Waals surface area contributed by atoms with E-state index in [0.717, 1.165) is 22.8 Å². The summed E-state index contributed by atoms with van der Waals surface area (Å²) in [5.41, 5.74) is 3.99. The lowest BCUT2D eigenvalue weighted by Gasteiger charge is -2.19. The molecule has 0 aliphatic carbocycles. The van der Waals surface area contributed by atoms with Gasteiger partial charge in [0.15, 0.2) is 0 Å². The first kappa shape index (κ1) is 25.7. The number of ether oxygens (including phenoxy) is 1. The number of aliphatic hydroxyl groups is 1. The van der Waals surface area contributed by atoms with Crippen LogP contribution in [0.2, 0.25) is 0 Å². The largest absolute Gasteiger partial charge is 0.497 e. The highest BCUT2D eigenvalue weighted by Crippen LogP contribution is 2.29. The number of nitrogens with one attached hydrogen (secondary N) is 3. The molecule has 2 atom stereocenters. The maximum atomic E-state index is 13.1. The molecule has 35 heavy (non-hydrogen) atoms. The molecule has 0 aliphatic rings. The number of rotatable bonds is 11. The van der Waals surface area contributed by atoms with Crippen molar-refractivity contribution in [2.75, 3.05) is 13.7 Å². The van der Waals surface area contributed by atoms with Crippen LogP contribution >= 0.6 is 0 Å². The summed E-state index contributed by atoms with van der Waals surface area (Å²) in [6, 6.07) is 12.7. The molecule has 0 radical (unpaired) electrons. The summed E-state index contributed by atoms with van der Waals surface area (Å²) in [5, 5.41) is 22.8. The molecule has 2 aromatic carbocycles. The molecule has 0 spiro atoms. The van der Waals surface area contributed by atoms with Gasteiger partial charge in [-0.25, -0.2) is 0 Å². The summed E-state index contributed by atoms with van der Waals surface area (Å²) in [6.07, 6.45) is 3.86. The predicted octanol–water partition coefficient (Wildman–Crippen LogP) is 2.30. The van der Waals surface area contributed by atoms with Gasteiger partial charge in [-0.05, 0) is 54.0 Å². The van der Waals surface area contributed by atoms with E-state index >= 15 is 0 Å². The second-order valence-electron chi connectivity index (χ2n) is 8.10. The van der Waals surface area contributed by atoms with Gasteiger partial charge in [0, 0.05) is 30.9 Å². The fourth-order valence-corrected chi connectivity index (χ4v) is 3.55. The number of amides is 2. The van der Waals surface area contributed by atoms with Gasteiger partial charge in [-0.2, -0.15) is 5.10 Å². The molecule has 0 saturated heterocycles. The van der Waals surface area contributed by atoms with E-state index in [1.165, 1.54) is 0 Å². The van der Waals surface area contributed by atoms with Crippen LogP contribution in [0.1, 0.15) is 34.5 Å². The van der Waals surface area contributed by atoms with Crippen LogP contribution in [-0.2, 0) is 18.4 Å². The molecule has 2 amide bonds. The molecule has 3 rings (SSSR count). The molecule has 9 nitrogen and oxygen atoms in total. The summed E-state index contributed by atoms with van der Waals surface area (Å²) in [5.74, 6) is 0.0727. The first-order valence-electron chi connectivity index (χ1n) is 11.2. The van der Waals surface area contributed by atoms with E-state index in [9.17, 15) is 14.7 Å². The maximum absolute atomic E-state index is 13.1. The summed E-state index contributed by atoms with van der Waals surface area (Å²) in [4.78, 5) is 24.4. The Morgan fingerprint density at radius 3 is 2.69 bits per heavy atom. The van der Waals surface area contributed by atoms with Crippen molar-refractivity contribution < 1.29 is 19.4 Å². The Kier molecular flexibility index (Phi) is 8.77. The number of benzene rings is 2. The van der Waals surface area contributed by atoms with Crippen molar-refractivity contribution in [3.8, 4) is 16.9 Å². The molecule has 0 aliphatic heterocycles. The number of aryl methyl sites for hydroxylation is 1. The minimum atomic E-state index is -0.975. The molecule has 4 N–H and O–H groups in total. The van der Waals surface area contributed by atoms with Crippen molar-refractivity contribution in [1.82, 2.24) is 25.7 Å². The van der Waals surface area contributed by atoms with Gasteiger partial charge < -0.3 is 20.5 Å². The van der Waals surface area contributed by atoms with Crippen molar-refractivity contribution in [2.24, 2.45) is 7.05 Å². The summed E-state index contributed by atoms with van der Waals surface area (Å²) in [7, 11) is 3.46. The molecular weight excluding hydrogens is 446 g/mol. The number of hydrogen-bond acceptors (Lipinski definition) is 6. The van der Waals surface area contributed by atoms with E-state index in [4.69, 9.17) is 4.74 Å². The molecule has 3 aromatic rings. The summed E-state index contributed by atoms with van der Waals surface area (Å²) >= 11 is 0. The smallest absolute Gasteiger partial charge is 0.252 e. The SMILES string of the molecule is C=CC(=O)NCC(O)NCc1ccccc1C(=O)N[C@H](C)c1cc(OC)cc(-c2cnn(C)c2)c1. The quantitative estimate of drug-likeness (QED) is 0.249. The molecule has 1 aromatic heterocycles. The Morgan fingerprint density at radius 1 is 1.23 bits per heavy atom. The van der Waals surface area contributed by atoms with Crippen molar-refractivity contribution in [3.63, 3.8) is 0 Å². The van der Waals surface area contributed by atoms with Gasteiger partial charge in [0.05, 0.1) is 25.9 Å². The van der Waals surface area contributed by atoms with Gasteiger partial charge in [0.1, 0.15) is 12.0 Å². The van der Waals surface area contributed by atoms with Crippen LogP contribution in [0.4, 0.5) is 0 Å². The predicted molar refractivity (Wildman–Crippen MR) is 134 cm³/mol. The zero-order valence-electron chi connectivity index (χ0n) is 20.1. The summed E-state index contributed by atoms with van der Waals surface area (Å²) in [6.45, 7) is 5.54. The number of carbonyl (C=O) groups is 2. The van der Waals surface area contributed by atoms with E-state index < -0.39 is 6.23 Å². The lowest BCUT2D eigenvalue weighted by molar-refractivity contribution is -0.117. The molecule has 184 valence electrons. The molecule has 1 unspecified atom stereocenters. The number of aromatic nitrogens is 2.